The van der Waals surface area contributed by atoms with Crippen LogP contribution in [0.25, 0.3) is 11.1 Å². The molecule has 0 saturated heterocycles. The predicted molar refractivity (Wildman–Crippen MR) is 129 cm³/mol. The molecule has 3 aromatic rings. The van der Waals surface area contributed by atoms with Crippen molar-refractivity contribution in [2.75, 3.05) is 20.6 Å². The highest BCUT2D eigenvalue weighted by atomic mass is 19.1. The highest BCUT2D eigenvalue weighted by Gasteiger charge is 2.40. The molecule has 7 heteroatoms. The van der Waals surface area contributed by atoms with Crippen molar-refractivity contribution in [3.8, 4) is 22.6 Å². The Labute approximate surface area is 203 Å². The minimum Gasteiger partial charge on any atom is -0.507 e. The zero-order valence-corrected chi connectivity index (χ0v) is 19.8. The molecule has 0 bridgehead atoms. The van der Waals surface area contributed by atoms with E-state index in [1.165, 1.54) is 24.3 Å². The van der Waals surface area contributed by atoms with Crippen molar-refractivity contribution >= 4 is 5.97 Å². The van der Waals surface area contributed by atoms with E-state index in [-0.39, 0.29) is 28.5 Å². The molecule has 1 aliphatic carbocycles. The number of hydrogen-bond donors (Lipinski definition) is 2. The second kappa shape index (κ2) is 10.1. The lowest BCUT2D eigenvalue weighted by molar-refractivity contribution is -0.0619. The van der Waals surface area contributed by atoms with Gasteiger partial charge in [0.2, 0.25) is 0 Å². The molecule has 5 nitrogen and oxygen atoms in total. The SMILES string of the molecule is CN(C)CC1CCCCC1(O)c1cccc(OC(=O)c2ccc(-c3ccc(F)cc3F)cc2O)c1. The maximum Gasteiger partial charge on any atom is 0.347 e. The number of hydrogen-bond acceptors (Lipinski definition) is 5. The Bertz CT molecular complexity index is 1230. The number of rotatable bonds is 6. The number of carbonyl (C=O) groups excluding carboxylic acids is 1. The summed E-state index contributed by atoms with van der Waals surface area (Å²) in [5.74, 6) is -2.34. The highest BCUT2D eigenvalue weighted by molar-refractivity contribution is 5.94. The Morgan fingerprint density at radius 3 is 2.60 bits per heavy atom. The molecular weight excluding hydrogens is 452 g/mol. The summed E-state index contributed by atoms with van der Waals surface area (Å²) in [6.45, 7) is 0.745. The van der Waals surface area contributed by atoms with Gasteiger partial charge < -0.3 is 19.8 Å². The van der Waals surface area contributed by atoms with Crippen LogP contribution in [-0.2, 0) is 5.60 Å². The maximum atomic E-state index is 14.1. The molecule has 0 aromatic heterocycles. The molecular formula is C28H29F2NO4. The van der Waals surface area contributed by atoms with Crippen LogP contribution in [0.4, 0.5) is 8.78 Å². The van der Waals surface area contributed by atoms with Gasteiger partial charge in [0.15, 0.2) is 0 Å². The summed E-state index contributed by atoms with van der Waals surface area (Å²) >= 11 is 0. The van der Waals surface area contributed by atoms with Crippen molar-refractivity contribution < 1.29 is 28.5 Å². The molecule has 4 rings (SSSR count). The molecule has 0 heterocycles. The van der Waals surface area contributed by atoms with Crippen LogP contribution in [0.5, 0.6) is 11.5 Å². The molecule has 1 saturated carbocycles. The first-order valence-electron chi connectivity index (χ1n) is 11.7. The van der Waals surface area contributed by atoms with E-state index < -0.39 is 23.2 Å². The van der Waals surface area contributed by atoms with Crippen molar-refractivity contribution in [1.82, 2.24) is 4.90 Å². The fraction of sp³-hybridized carbons (Fsp3) is 0.321. The van der Waals surface area contributed by atoms with E-state index in [9.17, 15) is 23.8 Å². The van der Waals surface area contributed by atoms with Crippen LogP contribution in [0.1, 0.15) is 41.6 Å². The number of nitrogens with zero attached hydrogens (tertiary/aromatic N) is 1. The molecule has 0 aliphatic heterocycles. The molecule has 1 fully saturated rings. The van der Waals surface area contributed by atoms with Crippen molar-refractivity contribution in [3.05, 3.63) is 83.4 Å². The van der Waals surface area contributed by atoms with Crippen LogP contribution >= 0.6 is 0 Å². The average Bonchev–Trinajstić information content (AvgIpc) is 2.80. The molecule has 184 valence electrons. The summed E-state index contributed by atoms with van der Waals surface area (Å²) in [7, 11) is 3.96. The summed E-state index contributed by atoms with van der Waals surface area (Å²) < 4.78 is 32.8. The van der Waals surface area contributed by atoms with E-state index in [0.717, 1.165) is 37.9 Å². The van der Waals surface area contributed by atoms with Gasteiger partial charge in [-0.05, 0) is 74.5 Å². The first kappa shape index (κ1) is 24.8. The first-order chi connectivity index (χ1) is 16.7. The normalized spacial score (nSPS) is 20.1. The molecule has 2 unspecified atom stereocenters. The number of esters is 1. The number of aromatic hydroxyl groups is 1. The van der Waals surface area contributed by atoms with Crippen LogP contribution < -0.4 is 4.74 Å². The van der Waals surface area contributed by atoms with E-state index in [2.05, 4.69) is 4.90 Å². The number of benzene rings is 3. The lowest BCUT2D eigenvalue weighted by Crippen LogP contribution is -2.43. The van der Waals surface area contributed by atoms with E-state index in [1.807, 2.05) is 20.2 Å². The van der Waals surface area contributed by atoms with Gasteiger partial charge >= 0.3 is 5.97 Å². The van der Waals surface area contributed by atoms with Crippen molar-refractivity contribution in [3.63, 3.8) is 0 Å². The second-order valence-corrected chi connectivity index (χ2v) is 9.40. The monoisotopic (exact) mass is 481 g/mol. The van der Waals surface area contributed by atoms with Gasteiger partial charge in [-0.1, -0.05) is 31.0 Å². The number of phenols is 1. The van der Waals surface area contributed by atoms with Gasteiger partial charge in [-0.25, -0.2) is 13.6 Å². The number of phenolic OH excluding ortho intramolecular Hbond substituents is 1. The Morgan fingerprint density at radius 1 is 1.09 bits per heavy atom. The zero-order chi connectivity index (χ0) is 25.2. The quantitative estimate of drug-likeness (QED) is 0.360. The summed E-state index contributed by atoms with van der Waals surface area (Å²) in [5, 5.41) is 22.0. The van der Waals surface area contributed by atoms with Crippen LogP contribution in [0.2, 0.25) is 0 Å². The number of carbonyl (C=O) groups is 1. The minimum absolute atomic E-state index is 0.0562. The van der Waals surface area contributed by atoms with Crippen molar-refractivity contribution in [1.29, 1.82) is 0 Å². The highest BCUT2D eigenvalue weighted by Crippen LogP contribution is 2.43. The van der Waals surface area contributed by atoms with Gasteiger partial charge in [0.1, 0.15) is 28.7 Å². The molecule has 0 spiro atoms. The third-order valence-corrected chi connectivity index (χ3v) is 6.63. The minimum atomic E-state index is -1.02. The van der Waals surface area contributed by atoms with Crippen molar-refractivity contribution in [2.45, 2.75) is 31.3 Å². The summed E-state index contributed by atoms with van der Waals surface area (Å²) in [4.78, 5) is 14.9. The Kier molecular flexibility index (Phi) is 7.19. The van der Waals surface area contributed by atoms with Crippen LogP contribution in [0.3, 0.4) is 0 Å². The lowest BCUT2D eigenvalue weighted by atomic mass is 9.71. The van der Waals surface area contributed by atoms with E-state index in [0.29, 0.717) is 17.5 Å². The third kappa shape index (κ3) is 5.36. The van der Waals surface area contributed by atoms with Gasteiger partial charge in [-0.2, -0.15) is 0 Å². The largest absolute Gasteiger partial charge is 0.507 e. The van der Waals surface area contributed by atoms with Gasteiger partial charge in [-0.15, -0.1) is 0 Å². The molecule has 2 N–H and O–H groups in total. The number of halogens is 2. The lowest BCUT2D eigenvalue weighted by Gasteiger charge is -2.41. The zero-order valence-electron chi connectivity index (χ0n) is 19.8. The molecule has 0 radical (unpaired) electrons. The topological polar surface area (TPSA) is 70.0 Å². The second-order valence-electron chi connectivity index (χ2n) is 9.40. The van der Waals surface area contributed by atoms with E-state index in [1.54, 1.807) is 18.2 Å². The van der Waals surface area contributed by atoms with E-state index >= 15 is 0 Å². The van der Waals surface area contributed by atoms with Crippen LogP contribution in [0.15, 0.2) is 60.7 Å². The molecule has 35 heavy (non-hydrogen) atoms. The van der Waals surface area contributed by atoms with Gasteiger partial charge in [0.05, 0.1) is 5.60 Å². The fourth-order valence-corrected chi connectivity index (χ4v) is 4.88. The predicted octanol–water partition coefficient (Wildman–Crippen LogP) is 5.50. The Balaban J connectivity index is 1.55. The summed E-state index contributed by atoms with van der Waals surface area (Å²) in [6, 6.07) is 14.0. The smallest absolute Gasteiger partial charge is 0.347 e. The van der Waals surface area contributed by atoms with Crippen LogP contribution in [0, 0.1) is 17.6 Å². The molecule has 1 aliphatic rings. The molecule has 2 atom stereocenters. The maximum absolute atomic E-state index is 14.1. The Hall–Kier alpha value is -3.29. The number of ether oxygens (including phenoxy) is 1. The standard InChI is InChI=1S/C28H29F2NO4/c1-31(2)17-20-6-3-4-13-28(20,34)19-7-5-8-22(15-19)35-27(33)24-11-9-18(14-26(24)32)23-12-10-21(29)16-25(23)30/h5,7-12,14-16,20,32,34H,3-4,6,13,17H2,1-2H3. The fourth-order valence-electron chi connectivity index (χ4n) is 4.88. The van der Waals surface area contributed by atoms with Gasteiger partial charge in [-0.3, -0.25) is 0 Å². The average molecular weight is 482 g/mol. The number of aliphatic hydroxyl groups is 1. The van der Waals surface area contributed by atoms with Crippen LogP contribution in [-0.4, -0.2) is 41.7 Å². The Morgan fingerprint density at radius 2 is 1.89 bits per heavy atom. The van der Waals surface area contributed by atoms with E-state index in [4.69, 9.17) is 4.74 Å². The molecule has 3 aromatic carbocycles. The van der Waals surface area contributed by atoms with Gasteiger partial charge in [0, 0.05) is 24.1 Å². The van der Waals surface area contributed by atoms with Crippen molar-refractivity contribution in [2.24, 2.45) is 5.92 Å². The summed E-state index contributed by atoms with van der Waals surface area (Å²) in [6.07, 6.45) is 3.52. The third-order valence-electron chi connectivity index (χ3n) is 6.63. The summed E-state index contributed by atoms with van der Waals surface area (Å²) in [5.41, 5.74) is -0.0231. The first-order valence-corrected chi connectivity index (χ1v) is 11.7. The molecule has 0 amide bonds. The van der Waals surface area contributed by atoms with Gasteiger partial charge in [0.25, 0.3) is 0 Å².